The summed E-state index contributed by atoms with van der Waals surface area (Å²) in [5, 5.41) is 14.4. The second-order valence-electron chi connectivity index (χ2n) is 7.02. The Morgan fingerprint density at radius 1 is 0.800 bits per heavy atom. The largest absolute Gasteiger partial charge is 0.480 e. The Morgan fingerprint density at radius 3 is 1.80 bits per heavy atom. The second-order valence-corrected chi connectivity index (χ2v) is 7.02. The molecule has 3 atom stereocenters. The summed E-state index contributed by atoms with van der Waals surface area (Å²) >= 11 is 0. The first kappa shape index (κ1) is 23.1. The molecule has 0 aliphatic rings. The Bertz CT molecular complexity index is 830. The van der Waals surface area contributed by atoms with Gasteiger partial charge in [0, 0.05) is 6.42 Å². The fraction of sp³-hybridized carbons (Fsp3) is 0.318. The van der Waals surface area contributed by atoms with E-state index >= 15 is 0 Å². The number of hydrogen-bond donors (Lipinski definition) is 5. The van der Waals surface area contributed by atoms with Gasteiger partial charge in [-0.1, -0.05) is 60.7 Å². The molecule has 30 heavy (non-hydrogen) atoms. The molecule has 0 heterocycles. The van der Waals surface area contributed by atoms with E-state index in [9.17, 15) is 19.5 Å². The topological polar surface area (TPSA) is 148 Å². The van der Waals surface area contributed by atoms with Crippen molar-refractivity contribution in [3.05, 3.63) is 71.8 Å². The Kier molecular flexibility index (Phi) is 8.99. The molecule has 8 heteroatoms. The van der Waals surface area contributed by atoms with Gasteiger partial charge in [0.05, 0.1) is 6.04 Å². The van der Waals surface area contributed by atoms with Gasteiger partial charge in [0.25, 0.3) is 0 Å². The van der Waals surface area contributed by atoms with E-state index in [2.05, 4.69) is 10.6 Å². The monoisotopic (exact) mass is 412 g/mol. The van der Waals surface area contributed by atoms with Gasteiger partial charge in [-0.15, -0.1) is 0 Å². The van der Waals surface area contributed by atoms with Crippen molar-refractivity contribution in [2.45, 2.75) is 37.4 Å². The first-order valence-corrected chi connectivity index (χ1v) is 9.77. The van der Waals surface area contributed by atoms with Crippen LogP contribution in [-0.2, 0) is 27.2 Å². The molecule has 0 fully saturated rings. The van der Waals surface area contributed by atoms with E-state index in [0.29, 0.717) is 6.42 Å². The van der Waals surface area contributed by atoms with E-state index in [0.717, 1.165) is 11.1 Å². The number of hydrogen-bond acceptors (Lipinski definition) is 5. The van der Waals surface area contributed by atoms with Crippen LogP contribution in [0.4, 0.5) is 0 Å². The van der Waals surface area contributed by atoms with E-state index in [-0.39, 0.29) is 19.4 Å². The zero-order chi connectivity index (χ0) is 21.9. The highest BCUT2D eigenvalue weighted by atomic mass is 16.4. The molecule has 0 spiro atoms. The van der Waals surface area contributed by atoms with Gasteiger partial charge < -0.3 is 27.2 Å². The van der Waals surface area contributed by atoms with Crippen molar-refractivity contribution in [1.29, 1.82) is 0 Å². The van der Waals surface area contributed by atoms with Crippen molar-refractivity contribution in [2.24, 2.45) is 11.5 Å². The number of carbonyl (C=O) groups excluding carboxylic acids is 2. The van der Waals surface area contributed by atoms with Gasteiger partial charge in [-0.3, -0.25) is 9.59 Å². The maximum atomic E-state index is 12.8. The lowest BCUT2D eigenvalue weighted by Crippen LogP contribution is -2.55. The van der Waals surface area contributed by atoms with Crippen LogP contribution in [0.2, 0.25) is 0 Å². The van der Waals surface area contributed by atoms with E-state index < -0.39 is 35.9 Å². The number of carboxylic acid groups (broad SMARTS) is 1. The van der Waals surface area contributed by atoms with Crippen molar-refractivity contribution >= 4 is 17.8 Å². The first-order chi connectivity index (χ1) is 14.4. The third-order valence-corrected chi connectivity index (χ3v) is 4.62. The SMILES string of the molecule is NCC[C@H](NC(=O)[C@H](Cc1ccccc1)NC(=O)[C@@H](N)Cc1ccccc1)C(=O)O. The van der Waals surface area contributed by atoms with Crippen molar-refractivity contribution in [2.75, 3.05) is 6.54 Å². The number of nitrogens with one attached hydrogen (secondary N) is 2. The normalized spacial score (nSPS) is 13.7. The molecule has 0 bridgehead atoms. The molecule has 2 amide bonds. The molecule has 2 aromatic rings. The summed E-state index contributed by atoms with van der Waals surface area (Å²) in [7, 11) is 0. The van der Waals surface area contributed by atoms with E-state index in [1.54, 1.807) is 0 Å². The van der Waals surface area contributed by atoms with Gasteiger partial charge in [-0.25, -0.2) is 4.79 Å². The molecule has 0 aliphatic carbocycles. The number of rotatable bonds is 11. The molecular weight excluding hydrogens is 384 g/mol. The van der Waals surface area contributed by atoms with Gasteiger partial charge in [0.2, 0.25) is 11.8 Å². The highest BCUT2D eigenvalue weighted by Gasteiger charge is 2.28. The van der Waals surface area contributed by atoms with Crippen molar-refractivity contribution in [1.82, 2.24) is 10.6 Å². The van der Waals surface area contributed by atoms with Crippen molar-refractivity contribution in [3.63, 3.8) is 0 Å². The molecule has 0 aromatic heterocycles. The van der Waals surface area contributed by atoms with Gasteiger partial charge in [-0.2, -0.15) is 0 Å². The molecule has 0 saturated heterocycles. The van der Waals surface area contributed by atoms with E-state index in [4.69, 9.17) is 11.5 Å². The van der Waals surface area contributed by atoms with Crippen LogP contribution < -0.4 is 22.1 Å². The fourth-order valence-electron chi connectivity index (χ4n) is 2.99. The Balaban J connectivity index is 2.10. The zero-order valence-corrected chi connectivity index (χ0v) is 16.7. The molecule has 2 rings (SSSR count). The minimum absolute atomic E-state index is 0.0839. The molecule has 0 radical (unpaired) electrons. The van der Waals surface area contributed by atoms with Crippen LogP contribution in [0, 0.1) is 0 Å². The number of carboxylic acids is 1. The number of nitrogens with two attached hydrogens (primary N) is 2. The van der Waals surface area contributed by atoms with Crippen molar-refractivity contribution < 1.29 is 19.5 Å². The molecule has 0 saturated carbocycles. The Morgan fingerprint density at radius 2 is 1.30 bits per heavy atom. The zero-order valence-electron chi connectivity index (χ0n) is 16.7. The molecule has 7 N–H and O–H groups in total. The predicted octanol–water partition coefficient (Wildman–Crippen LogP) is 0.202. The minimum atomic E-state index is -1.18. The van der Waals surface area contributed by atoms with Gasteiger partial charge in [-0.05, 0) is 30.5 Å². The van der Waals surface area contributed by atoms with Crippen molar-refractivity contribution in [3.8, 4) is 0 Å². The maximum absolute atomic E-state index is 12.8. The smallest absolute Gasteiger partial charge is 0.326 e. The van der Waals surface area contributed by atoms with Crippen LogP contribution in [0.15, 0.2) is 60.7 Å². The molecular formula is C22H28N4O4. The summed E-state index contributed by atoms with van der Waals surface area (Å²) in [5.41, 5.74) is 13.2. The highest BCUT2D eigenvalue weighted by molar-refractivity contribution is 5.92. The third kappa shape index (κ3) is 7.31. The molecule has 0 aliphatic heterocycles. The van der Waals surface area contributed by atoms with E-state index in [1.807, 2.05) is 60.7 Å². The van der Waals surface area contributed by atoms with Crippen LogP contribution in [0.25, 0.3) is 0 Å². The van der Waals surface area contributed by atoms with Crippen LogP contribution in [-0.4, -0.2) is 47.6 Å². The lowest BCUT2D eigenvalue weighted by molar-refractivity contribution is -0.142. The van der Waals surface area contributed by atoms with Gasteiger partial charge >= 0.3 is 5.97 Å². The number of carbonyl (C=O) groups is 3. The number of amides is 2. The highest BCUT2D eigenvalue weighted by Crippen LogP contribution is 2.06. The molecule has 160 valence electrons. The standard InChI is InChI=1S/C22H28N4O4/c23-12-11-18(22(29)30)25-21(28)19(14-16-9-5-2-6-10-16)26-20(27)17(24)13-15-7-3-1-4-8-15/h1-10,17-19H,11-14,23-24H2,(H,25,28)(H,26,27)(H,29,30)/t17-,18-,19-/m0/s1. The lowest BCUT2D eigenvalue weighted by atomic mass is 10.0. The summed E-state index contributed by atoms with van der Waals surface area (Å²) in [6.07, 6.45) is 0.601. The fourth-order valence-corrected chi connectivity index (χ4v) is 2.99. The Labute approximate surface area is 175 Å². The molecule has 0 unspecified atom stereocenters. The van der Waals surface area contributed by atoms with Gasteiger partial charge in [0.1, 0.15) is 12.1 Å². The van der Waals surface area contributed by atoms with E-state index in [1.165, 1.54) is 0 Å². The minimum Gasteiger partial charge on any atom is -0.480 e. The average molecular weight is 412 g/mol. The second kappa shape index (κ2) is 11.7. The summed E-state index contributed by atoms with van der Waals surface area (Å²) < 4.78 is 0. The van der Waals surface area contributed by atoms with Crippen LogP contribution in [0.3, 0.4) is 0 Å². The van der Waals surface area contributed by atoms with Crippen LogP contribution in [0.1, 0.15) is 17.5 Å². The average Bonchev–Trinajstić information content (AvgIpc) is 2.74. The molecule has 2 aromatic carbocycles. The summed E-state index contributed by atoms with van der Waals surface area (Å²) in [4.78, 5) is 36.8. The third-order valence-electron chi connectivity index (χ3n) is 4.62. The number of benzene rings is 2. The first-order valence-electron chi connectivity index (χ1n) is 9.77. The van der Waals surface area contributed by atoms with Gasteiger partial charge in [0.15, 0.2) is 0 Å². The summed E-state index contributed by atoms with van der Waals surface area (Å²) in [6.45, 7) is 0.106. The summed E-state index contributed by atoms with van der Waals surface area (Å²) in [5.74, 6) is -2.26. The maximum Gasteiger partial charge on any atom is 0.326 e. The number of aliphatic carboxylic acids is 1. The quantitative estimate of drug-likeness (QED) is 0.356. The van der Waals surface area contributed by atoms with Crippen LogP contribution in [0.5, 0.6) is 0 Å². The predicted molar refractivity (Wildman–Crippen MR) is 113 cm³/mol. The summed E-state index contributed by atoms with van der Waals surface area (Å²) in [6, 6.07) is 15.5. The van der Waals surface area contributed by atoms with Crippen LogP contribution >= 0.6 is 0 Å². The molecule has 8 nitrogen and oxygen atoms in total. The Hall–Kier alpha value is -3.23. The lowest BCUT2D eigenvalue weighted by Gasteiger charge is -2.23.